The highest BCUT2D eigenvalue weighted by Gasteiger charge is 2.47. The summed E-state index contributed by atoms with van der Waals surface area (Å²) in [4.78, 5) is 37.9. The molecular formula is C26H29N5O3. The van der Waals surface area contributed by atoms with Gasteiger partial charge in [-0.25, -0.2) is 0 Å². The van der Waals surface area contributed by atoms with Crippen LogP contribution in [0.1, 0.15) is 49.0 Å². The molecule has 176 valence electrons. The Kier molecular flexibility index (Phi) is 5.81. The zero-order valence-corrected chi connectivity index (χ0v) is 19.0. The van der Waals surface area contributed by atoms with E-state index in [0.717, 1.165) is 60.8 Å². The lowest BCUT2D eigenvalue weighted by molar-refractivity contribution is -0.126. The molecule has 1 saturated heterocycles. The number of benzene rings is 2. The minimum atomic E-state index is -0.460. The molecule has 1 aliphatic heterocycles. The summed E-state index contributed by atoms with van der Waals surface area (Å²) in [5.41, 5.74) is 8.78. The molecule has 1 saturated carbocycles. The number of carbonyl (C=O) groups excluding carboxylic acids is 3. The van der Waals surface area contributed by atoms with E-state index in [2.05, 4.69) is 27.6 Å². The van der Waals surface area contributed by atoms with Gasteiger partial charge in [0.05, 0.1) is 5.52 Å². The molecule has 2 fully saturated rings. The molecule has 8 heteroatoms. The van der Waals surface area contributed by atoms with Gasteiger partial charge in [0.25, 0.3) is 5.91 Å². The van der Waals surface area contributed by atoms with Gasteiger partial charge in [-0.05, 0) is 48.9 Å². The van der Waals surface area contributed by atoms with Gasteiger partial charge >= 0.3 is 0 Å². The van der Waals surface area contributed by atoms with Gasteiger partial charge in [-0.1, -0.05) is 36.4 Å². The number of amides is 3. The third-order valence-corrected chi connectivity index (χ3v) is 7.22. The van der Waals surface area contributed by atoms with Crippen LogP contribution in [-0.4, -0.2) is 52.0 Å². The van der Waals surface area contributed by atoms with Crippen molar-refractivity contribution in [3.63, 3.8) is 0 Å². The maximum absolute atomic E-state index is 13.2. The SMILES string of the molecule is NC(=O)CCC(=O)NC1CCC2(CC1)CN(C(=O)c1n[nH]c3cc(-c4ccccc4)ccc13)C2. The van der Waals surface area contributed by atoms with E-state index in [1.54, 1.807) is 0 Å². The molecule has 1 aliphatic carbocycles. The lowest BCUT2D eigenvalue weighted by Crippen LogP contribution is -2.60. The van der Waals surface area contributed by atoms with Crippen molar-refractivity contribution in [2.75, 3.05) is 13.1 Å². The monoisotopic (exact) mass is 459 g/mol. The Bertz CT molecular complexity index is 1220. The number of nitrogens with zero attached hydrogens (tertiary/aromatic N) is 2. The summed E-state index contributed by atoms with van der Waals surface area (Å²) < 4.78 is 0. The topological polar surface area (TPSA) is 121 Å². The Morgan fingerprint density at radius 2 is 1.76 bits per heavy atom. The van der Waals surface area contributed by atoms with Crippen molar-refractivity contribution in [3.8, 4) is 11.1 Å². The molecule has 3 amide bonds. The quantitative estimate of drug-likeness (QED) is 0.525. The summed E-state index contributed by atoms with van der Waals surface area (Å²) in [5.74, 6) is -0.615. The summed E-state index contributed by atoms with van der Waals surface area (Å²) in [6, 6.07) is 16.3. The molecule has 1 spiro atoms. The van der Waals surface area contributed by atoms with Crippen LogP contribution in [0.25, 0.3) is 22.0 Å². The lowest BCUT2D eigenvalue weighted by Gasteiger charge is -2.53. The molecule has 4 N–H and O–H groups in total. The molecule has 5 rings (SSSR count). The Hall–Kier alpha value is -3.68. The van der Waals surface area contributed by atoms with Gasteiger partial charge in [0, 0.05) is 42.8 Å². The molecule has 3 aromatic rings. The number of H-pyrrole nitrogens is 1. The van der Waals surface area contributed by atoms with Gasteiger partial charge in [0.15, 0.2) is 5.69 Å². The molecule has 2 aromatic carbocycles. The maximum Gasteiger partial charge on any atom is 0.275 e. The van der Waals surface area contributed by atoms with E-state index >= 15 is 0 Å². The number of aromatic nitrogens is 2. The van der Waals surface area contributed by atoms with Gasteiger partial charge in [-0.2, -0.15) is 5.10 Å². The zero-order valence-electron chi connectivity index (χ0n) is 19.0. The molecule has 34 heavy (non-hydrogen) atoms. The lowest BCUT2D eigenvalue weighted by atomic mass is 9.67. The van der Waals surface area contributed by atoms with Crippen molar-refractivity contribution in [3.05, 3.63) is 54.2 Å². The Labute approximate surface area is 197 Å². The summed E-state index contributed by atoms with van der Waals surface area (Å²) in [5, 5.41) is 11.2. The van der Waals surface area contributed by atoms with Crippen LogP contribution in [0.5, 0.6) is 0 Å². The van der Waals surface area contributed by atoms with Crippen molar-refractivity contribution >= 4 is 28.6 Å². The third kappa shape index (κ3) is 4.40. The largest absolute Gasteiger partial charge is 0.370 e. The second-order valence-corrected chi connectivity index (χ2v) is 9.67. The van der Waals surface area contributed by atoms with E-state index in [4.69, 9.17) is 5.73 Å². The highest BCUT2D eigenvalue weighted by atomic mass is 16.2. The number of aromatic amines is 1. The highest BCUT2D eigenvalue weighted by molar-refractivity contribution is 6.05. The summed E-state index contributed by atoms with van der Waals surface area (Å²) in [6.45, 7) is 1.45. The predicted octanol–water partition coefficient (Wildman–Crippen LogP) is 3.00. The summed E-state index contributed by atoms with van der Waals surface area (Å²) in [6.07, 6.45) is 3.94. The van der Waals surface area contributed by atoms with Crippen molar-refractivity contribution in [2.24, 2.45) is 11.1 Å². The van der Waals surface area contributed by atoms with E-state index in [-0.39, 0.29) is 36.1 Å². The van der Waals surface area contributed by atoms with Crippen LogP contribution in [0.4, 0.5) is 0 Å². The smallest absolute Gasteiger partial charge is 0.275 e. The van der Waals surface area contributed by atoms with Crippen molar-refractivity contribution in [2.45, 2.75) is 44.6 Å². The Morgan fingerprint density at radius 1 is 1.03 bits per heavy atom. The minimum absolute atomic E-state index is 0.0359. The fourth-order valence-electron chi connectivity index (χ4n) is 5.28. The molecule has 8 nitrogen and oxygen atoms in total. The van der Waals surface area contributed by atoms with Crippen LogP contribution < -0.4 is 11.1 Å². The average Bonchev–Trinajstić information content (AvgIpc) is 3.25. The number of nitrogens with two attached hydrogens (primary N) is 1. The summed E-state index contributed by atoms with van der Waals surface area (Å²) in [7, 11) is 0. The molecule has 0 radical (unpaired) electrons. The molecular weight excluding hydrogens is 430 g/mol. The van der Waals surface area contributed by atoms with E-state index < -0.39 is 5.91 Å². The van der Waals surface area contributed by atoms with Crippen LogP contribution in [0, 0.1) is 5.41 Å². The van der Waals surface area contributed by atoms with Crippen LogP contribution in [0.15, 0.2) is 48.5 Å². The van der Waals surface area contributed by atoms with Gasteiger partial charge < -0.3 is 16.0 Å². The molecule has 0 atom stereocenters. The van der Waals surface area contributed by atoms with Gasteiger partial charge in [-0.3, -0.25) is 19.5 Å². The Balaban J connectivity index is 1.17. The van der Waals surface area contributed by atoms with Crippen LogP contribution >= 0.6 is 0 Å². The molecule has 1 aromatic heterocycles. The minimum Gasteiger partial charge on any atom is -0.370 e. The first-order valence-electron chi connectivity index (χ1n) is 11.8. The first-order chi connectivity index (χ1) is 16.4. The third-order valence-electron chi connectivity index (χ3n) is 7.22. The van der Waals surface area contributed by atoms with Crippen LogP contribution in [0.3, 0.4) is 0 Å². The second kappa shape index (κ2) is 8.93. The second-order valence-electron chi connectivity index (χ2n) is 9.67. The zero-order chi connectivity index (χ0) is 23.7. The van der Waals surface area contributed by atoms with E-state index in [0.29, 0.717) is 5.69 Å². The normalized spacial score (nSPS) is 17.5. The maximum atomic E-state index is 13.2. The van der Waals surface area contributed by atoms with E-state index in [1.165, 1.54) is 0 Å². The number of nitrogens with one attached hydrogen (secondary N) is 2. The summed E-state index contributed by atoms with van der Waals surface area (Å²) >= 11 is 0. The number of fused-ring (bicyclic) bond motifs is 1. The number of hydrogen-bond donors (Lipinski definition) is 3. The first-order valence-corrected chi connectivity index (χ1v) is 11.8. The van der Waals surface area contributed by atoms with Crippen LogP contribution in [0.2, 0.25) is 0 Å². The first kappa shape index (κ1) is 22.1. The van der Waals surface area contributed by atoms with Crippen molar-refractivity contribution in [1.82, 2.24) is 20.4 Å². The standard InChI is InChI=1S/C26H29N5O3/c27-22(32)8-9-23(33)28-19-10-12-26(13-11-19)15-31(16-26)25(34)24-20-7-6-18(14-21(20)29-30-24)17-4-2-1-3-5-17/h1-7,14,19H,8-13,15-16H2,(H2,27,32)(H,28,33)(H,29,30). The van der Waals surface area contributed by atoms with Gasteiger partial charge in [0.1, 0.15) is 0 Å². The van der Waals surface area contributed by atoms with Crippen molar-refractivity contribution in [1.29, 1.82) is 0 Å². The molecule has 0 unspecified atom stereocenters. The molecule has 0 bridgehead atoms. The number of hydrogen-bond acceptors (Lipinski definition) is 4. The van der Waals surface area contributed by atoms with E-state index in [1.807, 2.05) is 41.3 Å². The predicted molar refractivity (Wildman–Crippen MR) is 129 cm³/mol. The van der Waals surface area contributed by atoms with Crippen LogP contribution in [-0.2, 0) is 9.59 Å². The number of likely N-dealkylation sites (tertiary alicyclic amines) is 1. The number of primary amides is 1. The highest BCUT2D eigenvalue weighted by Crippen LogP contribution is 2.44. The van der Waals surface area contributed by atoms with Crippen molar-refractivity contribution < 1.29 is 14.4 Å². The van der Waals surface area contributed by atoms with Gasteiger partial charge in [-0.15, -0.1) is 0 Å². The molecule has 2 aliphatic rings. The van der Waals surface area contributed by atoms with Gasteiger partial charge in [0.2, 0.25) is 11.8 Å². The molecule has 2 heterocycles. The fraction of sp³-hybridized carbons (Fsp3) is 0.385. The average molecular weight is 460 g/mol. The Morgan fingerprint density at radius 3 is 2.47 bits per heavy atom. The van der Waals surface area contributed by atoms with E-state index in [9.17, 15) is 14.4 Å². The fourth-order valence-corrected chi connectivity index (χ4v) is 5.28. The number of rotatable bonds is 6. The number of carbonyl (C=O) groups is 3.